The lowest BCUT2D eigenvalue weighted by atomic mass is 9.91. The Morgan fingerprint density at radius 3 is 2.77 bits per heavy atom. The zero-order chi connectivity index (χ0) is 16.2. The number of thiol groups is 1. The number of piperidine rings is 1. The predicted octanol–water partition coefficient (Wildman–Crippen LogP) is 2.66. The molecule has 1 aromatic rings. The Hall–Kier alpha value is -0.780. The van der Waals surface area contributed by atoms with Gasteiger partial charge in [0, 0.05) is 38.4 Å². The maximum atomic E-state index is 5.91. The Morgan fingerprint density at radius 2 is 2.23 bits per heavy atom. The van der Waals surface area contributed by atoms with Crippen LogP contribution in [-0.4, -0.2) is 62.1 Å². The lowest BCUT2D eigenvalue weighted by Gasteiger charge is -2.44. The molecular weight excluding hydrogens is 294 g/mol. The van der Waals surface area contributed by atoms with Crippen molar-refractivity contribution in [3.8, 4) is 0 Å². The second kappa shape index (κ2) is 7.66. The van der Waals surface area contributed by atoms with Crippen LogP contribution in [-0.2, 0) is 4.74 Å². The van der Waals surface area contributed by atoms with Crippen molar-refractivity contribution >= 4 is 18.3 Å². The van der Waals surface area contributed by atoms with Crippen molar-refractivity contribution < 1.29 is 4.74 Å². The number of ether oxygens (including phenoxy) is 1. The van der Waals surface area contributed by atoms with Gasteiger partial charge in [0.05, 0.1) is 17.5 Å². The molecule has 1 aliphatic heterocycles. The molecule has 1 fully saturated rings. The predicted molar refractivity (Wildman–Crippen MR) is 96.2 cm³/mol. The molecule has 2 rings (SSSR count). The van der Waals surface area contributed by atoms with Crippen molar-refractivity contribution in [1.82, 2.24) is 9.88 Å². The van der Waals surface area contributed by atoms with Crippen molar-refractivity contribution in [2.45, 2.75) is 31.3 Å². The first kappa shape index (κ1) is 17.6. The van der Waals surface area contributed by atoms with Crippen LogP contribution < -0.4 is 4.90 Å². The Kier molecular flexibility index (Phi) is 6.12. The topological polar surface area (TPSA) is 28.6 Å². The summed E-state index contributed by atoms with van der Waals surface area (Å²) in [5.41, 5.74) is 2.22. The zero-order valence-corrected chi connectivity index (χ0v) is 15.1. The highest BCUT2D eigenvalue weighted by molar-refractivity contribution is 7.80. The van der Waals surface area contributed by atoms with E-state index in [-0.39, 0.29) is 5.60 Å². The highest BCUT2D eigenvalue weighted by Crippen LogP contribution is 2.29. The van der Waals surface area contributed by atoms with Crippen LogP contribution in [0, 0.1) is 0 Å². The fourth-order valence-corrected chi connectivity index (χ4v) is 3.41. The molecule has 0 aliphatic carbocycles. The molecule has 0 spiro atoms. The summed E-state index contributed by atoms with van der Waals surface area (Å²) in [4.78, 5) is 9.23. The minimum atomic E-state index is -0.0845. The van der Waals surface area contributed by atoms with E-state index in [0.29, 0.717) is 5.92 Å². The molecule has 22 heavy (non-hydrogen) atoms. The van der Waals surface area contributed by atoms with Crippen molar-refractivity contribution in [3.05, 3.63) is 24.0 Å². The molecule has 0 amide bonds. The second-order valence-electron chi connectivity index (χ2n) is 6.67. The quantitative estimate of drug-likeness (QED) is 0.815. The molecule has 1 unspecified atom stereocenters. The lowest BCUT2D eigenvalue weighted by Crippen LogP contribution is -2.54. The summed E-state index contributed by atoms with van der Waals surface area (Å²) in [5, 5.41) is 0. The van der Waals surface area contributed by atoms with Crippen LogP contribution in [0.1, 0.15) is 31.4 Å². The third-order valence-corrected chi connectivity index (χ3v) is 5.04. The molecule has 0 saturated carbocycles. The van der Waals surface area contributed by atoms with E-state index in [4.69, 9.17) is 4.74 Å². The molecule has 1 aromatic heterocycles. The molecule has 0 aromatic carbocycles. The summed E-state index contributed by atoms with van der Waals surface area (Å²) < 4.78 is 5.91. The van der Waals surface area contributed by atoms with Gasteiger partial charge < -0.3 is 14.5 Å². The van der Waals surface area contributed by atoms with Crippen LogP contribution in [0.5, 0.6) is 0 Å². The number of hydrogen-bond acceptors (Lipinski definition) is 5. The van der Waals surface area contributed by atoms with E-state index in [2.05, 4.69) is 60.6 Å². The average Bonchev–Trinajstić information content (AvgIpc) is 2.54. The molecule has 2 heterocycles. The number of anilines is 1. The fraction of sp³-hybridized carbons (Fsp3) is 0.706. The van der Waals surface area contributed by atoms with E-state index >= 15 is 0 Å². The van der Waals surface area contributed by atoms with Gasteiger partial charge in [-0.1, -0.05) is 6.92 Å². The molecule has 0 bridgehead atoms. The van der Waals surface area contributed by atoms with Gasteiger partial charge in [-0.3, -0.25) is 4.98 Å². The maximum absolute atomic E-state index is 5.91. The fourth-order valence-electron chi connectivity index (χ4n) is 3.22. The van der Waals surface area contributed by atoms with Crippen molar-refractivity contribution in [2.24, 2.45) is 0 Å². The van der Waals surface area contributed by atoms with Crippen molar-refractivity contribution in [2.75, 3.05) is 51.5 Å². The molecule has 124 valence electrons. The molecular formula is C17H29N3OS. The number of methoxy groups -OCH3 is 1. The second-order valence-corrected chi connectivity index (χ2v) is 7.04. The number of likely N-dealkylation sites (N-methyl/N-ethyl adjacent to an activating group) is 1. The van der Waals surface area contributed by atoms with Gasteiger partial charge in [-0.05, 0) is 44.8 Å². The summed E-state index contributed by atoms with van der Waals surface area (Å²) in [6.45, 7) is 5.09. The number of rotatable bonds is 6. The highest BCUT2D eigenvalue weighted by atomic mass is 32.1. The summed E-state index contributed by atoms with van der Waals surface area (Å²) >= 11 is 4.35. The number of pyridine rings is 1. The molecule has 5 heteroatoms. The SMILES string of the molecule is CO[C@]1(CN(C)C)CCCN(c2ccc(C(C)CS)nc2)C1. The van der Waals surface area contributed by atoms with Gasteiger partial charge in [-0.15, -0.1) is 0 Å². The smallest absolute Gasteiger partial charge is 0.0979 e. The van der Waals surface area contributed by atoms with Crippen LogP contribution in [0.3, 0.4) is 0 Å². The van der Waals surface area contributed by atoms with Gasteiger partial charge in [0.1, 0.15) is 0 Å². The van der Waals surface area contributed by atoms with Gasteiger partial charge >= 0.3 is 0 Å². The number of hydrogen-bond donors (Lipinski definition) is 1. The Morgan fingerprint density at radius 1 is 1.45 bits per heavy atom. The molecule has 0 N–H and O–H groups in total. The summed E-state index contributed by atoms with van der Waals surface area (Å²) in [7, 11) is 6.05. The van der Waals surface area contributed by atoms with Gasteiger partial charge in [0.15, 0.2) is 0 Å². The van der Waals surface area contributed by atoms with Crippen LogP contribution >= 0.6 is 12.6 Å². The third kappa shape index (κ3) is 4.15. The monoisotopic (exact) mass is 323 g/mol. The first-order valence-electron chi connectivity index (χ1n) is 8.01. The average molecular weight is 324 g/mol. The lowest BCUT2D eigenvalue weighted by molar-refractivity contribution is -0.0372. The van der Waals surface area contributed by atoms with E-state index in [1.165, 1.54) is 5.69 Å². The Bertz CT molecular complexity index is 465. The first-order chi connectivity index (χ1) is 10.5. The maximum Gasteiger partial charge on any atom is 0.0979 e. The largest absolute Gasteiger partial charge is 0.375 e. The normalized spacial score (nSPS) is 23.8. The van der Waals surface area contributed by atoms with E-state index in [9.17, 15) is 0 Å². The molecule has 1 saturated heterocycles. The highest BCUT2D eigenvalue weighted by Gasteiger charge is 2.36. The summed E-state index contributed by atoms with van der Waals surface area (Å²) in [6, 6.07) is 4.31. The van der Waals surface area contributed by atoms with E-state index in [1.54, 1.807) is 0 Å². The standard InChI is InChI=1S/C17H29N3OS/c1-14(11-22)16-7-6-15(10-18-16)20-9-5-8-17(13-20,21-4)12-19(2)3/h6-7,10,14,22H,5,8-9,11-13H2,1-4H3/t14?,17-/m0/s1. The molecule has 4 nitrogen and oxygen atoms in total. The minimum Gasteiger partial charge on any atom is -0.375 e. The molecule has 0 radical (unpaired) electrons. The number of aromatic nitrogens is 1. The Balaban J connectivity index is 2.11. The van der Waals surface area contributed by atoms with Gasteiger partial charge in [0.2, 0.25) is 0 Å². The Labute approximate surface area is 140 Å². The van der Waals surface area contributed by atoms with Crippen molar-refractivity contribution in [1.29, 1.82) is 0 Å². The van der Waals surface area contributed by atoms with E-state index in [0.717, 1.165) is 43.9 Å². The van der Waals surface area contributed by atoms with Crippen LogP contribution in [0.25, 0.3) is 0 Å². The third-order valence-electron chi connectivity index (χ3n) is 4.49. The van der Waals surface area contributed by atoms with Crippen molar-refractivity contribution in [3.63, 3.8) is 0 Å². The summed E-state index contributed by atoms with van der Waals surface area (Å²) in [5.74, 6) is 1.22. The molecule has 2 atom stereocenters. The van der Waals surface area contributed by atoms with Crippen LogP contribution in [0.2, 0.25) is 0 Å². The zero-order valence-electron chi connectivity index (χ0n) is 14.2. The van der Waals surface area contributed by atoms with Gasteiger partial charge in [-0.2, -0.15) is 12.6 Å². The minimum absolute atomic E-state index is 0.0845. The van der Waals surface area contributed by atoms with Gasteiger partial charge in [-0.25, -0.2) is 0 Å². The van der Waals surface area contributed by atoms with Gasteiger partial charge in [0.25, 0.3) is 0 Å². The van der Waals surface area contributed by atoms with Crippen LogP contribution in [0.4, 0.5) is 5.69 Å². The number of nitrogens with zero attached hydrogens (tertiary/aromatic N) is 3. The van der Waals surface area contributed by atoms with E-state index in [1.807, 2.05) is 13.3 Å². The van der Waals surface area contributed by atoms with E-state index < -0.39 is 0 Å². The summed E-state index contributed by atoms with van der Waals surface area (Å²) in [6.07, 6.45) is 4.26. The van der Waals surface area contributed by atoms with Crippen LogP contribution in [0.15, 0.2) is 18.3 Å². The first-order valence-corrected chi connectivity index (χ1v) is 8.64. The molecule has 1 aliphatic rings.